The first-order chi connectivity index (χ1) is 12.2. The molecule has 2 aromatic rings. The Kier molecular flexibility index (Phi) is 4.34. The number of rotatable bonds is 6. The second-order valence-electron chi connectivity index (χ2n) is 7.41. The predicted octanol–water partition coefficient (Wildman–Crippen LogP) is 2.97. The highest BCUT2D eigenvalue weighted by Gasteiger charge is 2.44. The van der Waals surface area contributed by atoms with Crippen molar-refractivity contribution in [3.8, 4) is 0 Å². The van der Waals surface area contributed by atoms with Crippen molar-refractivity contribution in [2.45, 2.75) is 44.1 Å². The van der Waals surface area contributed by atoms with Crippen LogP contribution in [-0.2, 0) is 10.2 Å². The number of nitrogens with one attached hydrogen (secondary N) is 1. The summed E-state index contributed by atoms with van der Waals surface area (Å²) in [5, 5.41) is 7.31. The van der Waals surface area contributed by atoms with Crippen molar-refractivity contribution in [1.29, 1.82) is 0 Å². The van der Waals surface area contributed by atoms with Crippen LogP contribution in [0.2, 0.25) is 0 Å². The molecule has 1 amide bonds. The molecule has 25 heavy (non-hydrogen) atoms. The van der Waals surface area contributed by atoms with Gasteiger partial charge in [0.15, 0.2) is 0 Å². The molecule has 1 aliphatic heterocycles. The van der Waals surface area contributed by atoms with Gasteiger partial charge in [0.25, 0.3) is 0 Å². The molecular weight excluding hydrogens is 314 g/mol. The number of aromatic nitrogens is 1. The van der Waals surface area contributed by atoms with Crippen molar-refractivity contribution in [2.75, 3.05) is 19.6 Å². The number of hydrogen-bond donors (Lipinski definition) is 1. The lowest BCUT2D eigenvalue weighted by Crippen LogP contribution is -2.40. The van der Waals surface area contributed by atoms with Crippen LogP contribution < -0.4 is 5.32 Å². The van der Waals surface area contributed by atoms with E-state index in [1.54, 1.807) is 0 Å². The summed E-state index contributed by atoms with van der Waals surface area (Å²) < 4.78 is 5.20. The van der Waals surface area contributed by atoms with Gasteiger partial charge in [-0.05, 0) is 44.7 Å². The molecule has 0 radical (unpaired) electrons. The highest BCUT2D eigenvalue weighted by atomic mass is 16.5. The minimum Gasteiger partial charge on any atom is -0.361 e. The van der Waals surface area contributed by atoms with Gasteiger partial charge in [-0.2, -0.15) is 0 Å². The molecular formula is C20H25N3O2. The van der Waals surface area contributed by atoms with Gasteiger partial charge in [-0.25, -0.2) is 0 Å². The van der Waals surface area contributed by atoms with Crippen molar-refractivity contribution in [2.24, 2.45) is 0 Å². The smallest absolute Gasteiger partial charge is 0.234 e. The Morgan fingerprint density at radius 1 is 1.36 bits per heavy atom. The molecule has 132 valence electrons. The number of benzene rings is 1. The average Bonchev–Trinajstić information content (AvgIpc) is 3.08. The molecule has 1 N–H and O–H groups in total. The van der Waals surface area contributed by atoms with E-state index in [1.807, 2.05) is 19.1 Å². The van der Waals surface area contributed by atoms with E-state index < -0.39 is 0 Å². The predicted molar refractivity (Wildman–Crippen MR) is 95.2 cm³/mol. The fourth-order valence-electron chi connectivity index (χ4n) is 3.91. The summed E-state index contributed by atoms with van der Waals surface area (Å²) >= 11 is 0. The first-order valence-electron chi connectivity index (χ1n) is 9.16. The SMILES string of the molecule is Cc1cc([C@@H]2CCCN2CC(=O)NCC2(c3ccccc3)CC2)no1. The van der Waals surface area contributed by atoms with E-state index in [4.69, 9.17) is 4.52 Å². The summed E-state index contributed by atoms with van der Waals surface area (Å²) in [7, 11) is 0. The standard InChI is InChI=1S/C20H25N3O2/c1-15-12-17(22-25-15)18-8-5-11-23(18)13-19(24)21-14-20(9-10-20)16-6-3-2-4-7-16/h2-4,6-7,12,18H,5,8-11,13-14H2,1H3,(H,21,24)/t18-/m0/s1. The van der Waals surface area contributed by atoms with Gasteiger partial charge in [0.05, 0.1) is 12.6 Å². The minimum absolute atomic E-state index is 0.106. The highest BCUT2D eigenvalue weighted by molar-refractivity contribution is 5.78. The number of aryl methyl sites for hydroxylation is 1. The summed E-state index contributed by atoms with van der Waals surface area (Å²) in [6.07, 6.45) is 4.44. The Labute approximate surface area is 148 Å². The van der Waals surface area contributed by atoms with Crippen LogP contribution in [0.3, 0.4) is 0 Å². The summed E-state index contributed by atoms with van der Waals surface area (Å²) in [5.41, 5.74) is 2.45. The number of nitrogens with zero attached hydrogens (tertiary/aromatic N) is 2. The number of amides is 1. The van der Waals surface area contributed by atoms with Crippen LogP contribution in [0.1, 0.15) is 48.7 Å². The first-order valence-corrected chi connectivity index (χ1v) is 9.16. The molecule has 0 bridgehead atoms. The number of carbonyl (C=O) groups is 1. The molecule has 2 aliphatic rings. The van der Waals surface area contributed by atoms with Gasteiger partial charge >= 0.3 is 0 Å². The van der Waals surface area contributed by atoms with Crippen molar-refractivity contribution in [1.82, 2.24) is 15.4 Å². The van der Waals surface area contributed by atoms with E-state index in [1.165, 1.54) is 5.56 Å². The van der Waals surface area contributed by atoms with E-state index in [2.05, 4.69) is 39.6 Å². The largest absolute Gasteiger partial charge is 0.361 e. The van der Waals surface area contributed by atoms with Crippen LogP contribution in [-0.4, -0.2) is 35.6 Å². The molecule has 1 aromatic heterocycles. The van der Waals surface area contributed by atoms with Gasteiger partial charge in [0, 0.05) is 18.0 Å². The number of carbonyl (C=O) groups excluding carboxylic acids is 1. The molecule has 1 atom stereocenters. The third-order valence-electron chi connectivity index (χ3n) is 5.56. The number of likely N-dealkylation sites (tertiary alicyclic amines) is 1. The van der Waals surface area contributed by atoms with Crippen LogP contribution in [0.5, 0.6) is 0 Å². The summed E-state index contributed by atoms with van der Waals surface area (Å²) in [6, 6.07) is 12.7. The maximum atomic E-state index is 12.5. The third-order valence-corrected chi connectivity index (χ3v) is 5.56. The Hall–Kier alpha value is -2.14. The maximum Gasteiger partial charge on any atom is 0.234 e. The molecule has 1 saturated carbocycles. The molecule has 0 spiro atoms. The van der Waals surface area contributed by atoms with Gasteiger partial charge in [-0.3, -0.25) is 9.69 Å². The Balaban J connectivity index is 1.33. The van der Waals surface area contributed by atoms with Gasteiger partial charge < -0.3 is 9.84 Å². The fourth-order valence-corrected chi connectivity index (χ4v) is 3.91. The molecule has 4 rings (SSSR count). The quantitative estimate of drug-likeness (QED) is 0.879. The Bertz CT molecular complexity index is 736. The second-order valence-corrected chi connectivity index (χ2v) is 7.41. The summed E-state index contributed by atoms with van der Waals surface area (Å²) in [4.78, 5) is 14.7. The molecule has 2 fully saturated rings. The van der Waals surface area contributed by atoms with Crippen molar-refractivity contribution in [3.05, 3.63) is 53.4 Å². The van der Waals surface area contributed by atoms with Crippen LogP contribution >= 0.6 is 0 Å². The zero-order valence-electron chi connectivity index (χ0n) is 14.7. The molecule has 1 aromatic carbocycles. The van der Waals surface area contributed by atoms with Crippen molar-refractivity contribution < 1.29 is 9.32 Å². The summed E-state index contributed by atoms with van der Waals surface area (Å²) in [5.74, 6) is 0.930. The van der Waals surface area contributed by atoms with Gasteiger partial charge in [0.2, 0.25) is 5.91 Å². The van der Waals surface area contributed by atoms with Crippen LogP contribution in [0, 0.1) is 6.92 Å². The number of hydrogen-bond acceptors (Lipinski definition) is 4. The third kappa shape index (κ3) is 3.47. The van der Waals surface area contributed by atoms with E-state index in [0.717, 1.165) is 50.2 Å². The second kappa shape index (κ2) is 6.64. The van der Waals surface area contributed by atoms with Gasteiger partial charge in [-0.1, -0.05) is 35.5 Å². The van der Waals surface area contributed by atoms with Gasteiger partial charge in [-0.15, -0.1) is 0 Å². The zero-order valence-corrected chi connectivity index (χ0v) is 14.7. The first kappa shape index (κ1) is 16.3. The molecule has 1 aliphatic carbocycles. The average molecular weight is 339 g/mol. The molecule has 1 saturated heterocycles. The molecule has 5 nitrogen and oxygen atoms in total. The van der Waals surface area contributed by atoms with Crippen molar-refractivity contribution >= 4 is 5.91 Å². The van der Waals surface area contributed by atoms with E-state index in [-0.39, 0.29) is 17.4 Å². The van der Waals surface area contributed by atoms with Gasteiger partial charge in [0.1, 0.15) is 11.5 Å². The van der Waals surface area contributed by atoms with E-state index in [9.17, 15) is 4.79 Å². The van der Waals surface area contributed by atoms with E-state index >= 15 is 0 Å². The Morgan fingerprint density at radius 3 is 2.84 bits per heavy atom. The lowest BCUT2D eigenvalue weighted by atomic mass is 9.96. The topological polar surface area (TPSA) is 58.4 Å². The molecule has 0 unspecified atom stereocenters. The molecule has 5 heteroatoms. The summed E-state index contributed by atoms with van der Waals surface area (Å²) in [6.45, 7) is 4.01. The monoisotopic (exact) mass is 339 g/mol. The molecule has 2 heterocycles. The highest BCUT2D eigenvalue weighted by Crippen LogP contribution is 2.47. The fraction of sp³-hybridized carbons (Fsp3) is 0.500. The van der Waals surface area contributed by atoms with Crippen LogP contribution in [0.15, 0.2) is 40.9 Å². The normalized spacial score (nSPS) is 22.0. The lowest BCUT2D eigenvalue weighted by molar-refractivity contribution is -0.122. The lowest BCUT2D eigenvalue weighted by Gasteiger charge is -2.23. The maximum absolute atomic E-state index is 12.5. The Morgan fingerprint density at radius 2 is 2.16 bits per heavy atom. The van der Waals surface area contributed by atoms with Crippen molar-refractivity contribution in [3.63, 3.8) is 0 Å². The van der Waals surface area contributed by atoms with E-state index in [0.29, 0.717) is 6.54 Å². The minimum atomic E-state index is 0.106. The van der Waals surface area contributed by atoms with Crippen LogP contribution in [0.4, 0.5) is 0 Å². The zero-order chi connectivity index (χ0) is 17.3. The van der Waals surface area contributed by atoms with Crippen LogP contribution in [0.25, 0.3) is 0 Å².